The van der Waals surface area contributed by atoms with Crippen molar-refractivity contribution in [1.29, 1.82) is 0 Å². The van der Waals surface area contributed by atoms with Crippen molar-refractivity contribution >= 4 is 39.8 Å². The fourth-order valence-electron chi connectivity index (χ4n) is 2.32. The summed E-state index contributed by atoms with van der Waals surface area (Å²) in [5, 5.41) is 3.10. The Morgan fingerprint density at radius 2 is 1.62 bits per heavy atom. The third-order valence-electron chi connectivity index (χ3n) is 3.45. The number of Topliss-reactive ketones (excluding diaryl/α,β-unsaturated/α-hetero) is 1. The summed E-state index contributed by atoms with van der Waals surface area (Å²) in [6.45, 7) is 0. The predicted octanol–water partition coefficient (Wildman–Crippen LogP) is 5.57. The van der Waals surface area contributed by atoms with Gasteiger partial charge in [-0.15, -0.1) is 0 Å². The second kappa shape index (κ2) is 5.88. The zero-order valence-electron chi connectivity index (χ0n) is 11.1. The fraction of sp³-hybridized carbons (Fsp3) is 0.0556. The molecule has 0 N–H and O–H groups in total. The van der Waals surface area contributed by atoms with Gasteiger partial charge < -0.3 is 0 Å². The minimum atomic E-state index is 0.0323. The molecule has 0 bridgehead atoms. The van der Waals surface area contributed by atoms with Crippen LogP contribution in [0.3, 0.4) is 0 Å². The van der Waals surface area contributed by atoms with E-state index >= 15 is 0 Å². The van der Waals surface area contributed by atoms with E-state index in [2.05, 4.69) is 0 Å². The van der Waals surface area contributed by atoms with Crippen molar-refractivity contribution in [2.75, 3.05) is 0 Å². The highest BCUT2D eigenvalue weighted by atomic mass is 35.5. The Morgan fingerprint density at radius 1 is 0.857 bits per heavy atom. The molecular weight excluding hydrogens is 303 g/mol. The molecule has 3 aromatic carbocycles. The van der Waals surface area contributed by atoms with E-state index in [1.54, 1.807) is 12.1 Å². The van der Waals surface area contributed by atoms with Crippen molar-refractivity contribution in [2.24, 2.45) is 0 Å². The average Bonchev–Trinajstić information content (AvgIpc) is 2.51. The van der Waals surface area contributed by atoms with Crippen LogP contribution < -0.4 is 0 Å². The third kappa shape index (κ3) is 2.94. The van der Waals surface area contributed by atoms with E-state index in [1.165, 1.54) is 0 Å². The molecule has 0 atom stereocenters. The minimum absolute atomic E-state index is 0.0323. The third-order valence-corrected chi connectivity index (χ3v) is 4.31. The molecule has 0 heterocycles. The van der Waals surface area contributed by atoms with Gasteiger partial charge in [0.2, 0.25) is 0 Å². The summed E-state index contributed by atoms with van der Waals surface area (Å²) < 4.78 is 0. The Kier molecular flexibility index (Phi) is 3.96. The Bertz CT molecular complexity index is 824. The molecular formula is C18H12Cl2O. The van der Waals surface area contributed by atoms with Crippen LogP contribution in [0.25, 0.3) is 10.8 Å². The van der Waals surface area contributed by atoms with Crippen LogP contribution in [-0.2, 0) is 6.42 Å². The number of carbonyl (C=O) groups is 1. The maximum atomic E-state index is 12.4. The first-order valence-corrected chi connectivity index (χ1v) is 7.35. The maximum Gasteiger partial charge on any atom is 0.167 e. The highest BCUT2D eigenvalue weighted by molar-refractivity contribution is 6.42. The van der Waals surface area contributed by atoms with Gasteiger partial charge in [-0.05, 0) is 28.5 Å². The largest absolute Gasteiger partial charge is 0.294 e. The number of hydrogen-bond acceptors (Lipinski definition) is 1. The molecule has 0 aliphatic rings. The minimum Gasteiger partial charge on any atom is -0.294 e. The lowest BCUT2D eigenvalue weighted by Gasteiger charge is -2.06. The average molecular weight is 315 g/mol. The number of fused-ring (bicyclic) bond motifs is 1. The lowest BCUT2D eigenvalue weighted by Crippen LogP contribution is -2.04. The van der Waals surface area contributed by atoms with Gasteiger partial charge in [-0.25, -0.2) is 0 Å². The molecule has 0 amide bonds. The number of hydrogen-bond donors (Lipinski definition) is 0. The van der Waals surface area contributed by atoms with E-state index in [0.717, 1.165) is 16.3 Å². The summed E-state index contributed by atoms with van der Waals surface area (Å²) >= 11 is 12.1. The van der Waals surface area contributed by atoms with Gasteiger partial charge in [-0.2, -0.15) is 0 Å². The van der Waals surface area contributed by atoms with Crippen molar-refractivity contribution in [3.63, 3.8) is 0 Å². The molecule has 0 aliphatic carbocycles. The van der Waals surface area contributed by atoms with Gasteiger partial charge in [0, 0.05) is 12.0 Å². The second-order valence-electron chi connectivity index (χ2n) is 4.87. The van der Waals surface area contributed by atoms with E-state index in [-0.39, 0.29) is 12.2 Å². The summed E-state index contributed by atoms with van der Waals surface area (Å²) in [5.41, 5.74) is 1.44. The second-order valence-corrected chi connectivity index (χ2v) is 5.66. The lowest BCUT2D eigenvalue weighted by molar-refractivity contribution is 0.0993. The molecule has 3 heteroatoms. The molecule has 0 fully saturated rings. The first kappa shape index (κ1) is 14.1. The van der Waals surface area contributed by atoms with E-state index in [9.17, 15) is 4.79 Å². The van der Waals surface area contributed by atoms with Crippen molar-refractivity contribution in [2.45, 2.75) is 6.42 Å². The van der Waals surface area contributed by atoms with Crippen molar-refractivity contribution in [3.05, 3.63) is 81.8 Å². The molecule has 0 saturated heterocycles. The molecule has 21 heavy (non-hydrogen) atoms. The molecule has 3 rings (SSSR count). The Morgan fingerprint density at radius 3 is 2.43 bits per heavy atom. The van der Waals surface area contributed by atoms with E-state index in [4.69, 9.17) is 23.2 Å². The zero-order chi connectivity index (χ0) is 14.8. The van der Waals surface area contributed by atoms with E-state index in [1.807, 2.05) is 48.5 Å². The first-order chi connectivity index (χ1) is 10.1. The molecule has 0 radical (unpaired) electrons. The summed E-state index contributed by atoms with van der Waals surface area (Å²) in [6, 6.07) is 19.0. The summed E-state index contributed by atoms with van der Waals surface area (Å²) in [4.78, 5) is 12.4. The van der Waals surface area contributed by atoms with Gasteiger partial charge in [-0.1, -0.05) is 71.7 Å². The van der Waals surface area contributed by atoms with Gasteiger partial charge in [-0.3, -0.25) is 4.79 Å². The number of benzene rings is 3. The Hall–Kier alpha value is -1.83. The Balaban J connectivity index is 1.91. The van der Waals surface area contributed by atoms with Gasteiger partial charge in [0.1, 0.15) is 0 Å². The molecule has 0 spiro atoms. The van der Waals surface area contributed by atoms with E-state index < -0.39 is 0 Å². The van der Waals surface area contributed by atoms with Crippen LogP contribution in [0, 0.1) is 0 Å². The number of carbonyl (C=O) groups excluding carboxylic acids is 1. The van der Waals surface area contributed by atoms with Crippen LogP contribution in [0.2, 0.25) is 10.0 Å². The molecule has 0 aliphatic heterocycles. The summed E-state index contributed by atoms with van der Waals surface area (Å²) in [6.07, 6.45) is 0.248. The van der Waals surface area contributed by atoms with E-state index in [0.29, 0.717) is 15.6 Å². The van der Waals surface area contributed by atoms with Crippen molar-refractivity contribution < 1.29 is 4.79 Å². The normalized spacial score (nSPS) is 10.8. The molecule has 1 nitrogen and oxygen atoms in total. The predicted molar refractivity (Wildman–Crippen MR) is 88.4 cm³/mol. The maximum absolute atomic E-state index is 12.4. The summed E-state index contributed by atoms with van der Waals surface area (Å²) in [7, 11) is 0. The number of rotatable bonds is 3. The van der Waals surface area contributed by atoms with Crippen LogP contribution in [0.1, 0.15) is 15.9 Å². The zero-order valence-corrected chi connectivity index (χ0v) is 12.7. The van der Waals surface area contributed by atoms with Crippen molar-refractivity contribution in [3.8, 4) is 0 Å². The number of halogens is 2. The van der Waals surface area contributed by atoms with Gasteiger partial charge in [0.25, 0.3) is 0 Å². The SMILES string of the molecule is O=C(Cc1cccc(Cl)c1Cl)c1ccc2ccccc2c1. The van der Waals surface area contributed by atoms with Crippen LogP contribution >= 0.6 is 23.2 Å². The topological polar surface area (TPSA) is 17.1 Å². The van der Waals surface area contributed by atoms with Gasteiger partial charge in [0.05, 0.1) is 10.0 Å². The number of ketones is 1. The highest BCUT2D eigenvalue weighted by Crippen LogP contribution is 2.27. The van der Waals surface area contributed by atoms with Gasteiger partial charge in [0.15, 0.2) is 5.78 Å². The fourth-order valence-corrected chi connectivity index (χ4v) is 2.71. The monoisotopic (exact) mass is 314 g/mol. The molecule has 104 valence electrons. The Labute approximate surface area is 133 Å². The smallest absolute Gasteiger partial charge is 0.167 e. The lowest BCUT2D eigenvalue weighted by atomic mass is 10.00. The van der Waals surface area contributed by atoms with Crippen LogP contribution in [0.5, 0.6) is 0 Å². The summed E-state index contributed by atoms with van der Waals surface area (Å²) in [5.74, 6) is 0.0323. The standard InChI is InChI=1S/C18H12Cl2O/c19-16-7-3-6-15(18(16)20)11-17(21)14-9-8-12-4-1-2-5-13(12)10-14/h1-10H,11H2. The molecule has 0 aromatic heterocycles. The molecule has 0 unspecified atom stereocenters. The van der Waals surface area contributed by atoms with Crippen LogP contribution in [0.15, 0.2) is 60.7 Å². The highest BCUT2D eigenvalue weighted by Gasteiger charge is 2.11. The molecule has 3 aromatic rings. The van der Waals surface area contributed by atoms with Crippen LogP contribution in [0.4, 0.5) is 0 Å². The molecule has 0 saturated carbocycles. The van der Waals surface area contributed by atoms with Crippen LogP contribution in [-0.4, -0.2) is 5.78 Å². The van der Waals surface area contributed by atoms with Gasteiger partial charge >= 0.3 is 0 Å². The van der Waals surface area contributed by atoms with Crippen molar-refractivity contribution in [1.82, 2.24) is 0 Å². The quantitative estimate of drug-likeness (QED) is 0.577. The first-order valence-electron chi connectivity index (χ1n) is 6.60.